The van der Waals surface area contributed by atoms with Gasteiger partial charge in [0.25, 0.3) is 5.91 Å². The number of halogens is 2. The number of rotatable bonds is 6. The SMILES string of the molecule is COc1ccc(Br)cc1CN(C)C(=O)CNC(=O)c1ccccc1F. The quantitative estimate of drug-likeness (QED) is 0.798. The van der Waals surface area contributed by atoms with Gasteiger partial charge in [-0.15, -0.1) is 0 Å². The number of hydrogen-bond acceptors (Lipinski definition) is 3. The minimum Gasteiger partial charge on any atom is -0.496 e. The fraction of sp³-hybridized carbons (Fsp3) is 0.222. The molecule has 0 fully saturated rings. The van der Waals surface area contributed by atoms with Gasteiger partial charge in [0.05, 0.1) is 19.2 Å². The average molecular weight is 409 g/mol. The van der Waals surface area contributed by atoms with Crippen LogP contribution in [0.15, 0.2) is 46.9 Å². The van der Waals surface area contributed by atoms with Crippen molar-refractivity contribution in [2.45, 2.75) is 6.54 Å². The Morgan fingerprint density at radius 3 is 2.64 bits per heavy atom. The topological polar surface area (TPSA) is 58.6 Å². The zero-order valence-corrected chi connectivity index (χ0v) is 15.5. The average Bonchev–Trinajstić information content (AvgIpc) is 2.60. The van der Waals surface area contributed by atoms with Gasteiger partial charge in [0, 0.05) is 23.6 Å². The summed E-state index contributed by atoms with van der Waals surface area (Å²) in [7, 11) is 3.18. The molecule has 2 aromatic rings. The van der Waals surface area contributed by atoms with E-state index in [4.69, 9.17) is 4.74 Å². The third-order valence-electron chi connectivity index (χ3n) is 3.59. The summed E-state index contributed by atoms with van der Waals surface area (Å²) in [5.41, 5.74) is 0.736. The molecule has 0 aliphatic carbocycles. The second kappa shape index (κ2) is 8.62. The van der Waals surface area contributed by atoms with Gasteiger partial charge in [-0.05, 0) is 30.3 Å². The van der Waals surface area contributed by atoms with Gasteiger partial charge >= 0.3 is 0 Å². The Bertz CT molecular complexity index is 783. The first kappa shape index (κ1) is 18.9. The summed E-state index contributed by atoms with van der Waals surface area (Å²) < 4.78 is 19.7. The van der Waals surface area contributed by atoms with Crippen LogP contribution in [0.25, 0.3) is 0 Å². The van der Waals surface area contributed by atoms with Gasteiger partial charge in [0.2, 0.25) is 5.91 Å². The summed E-state index contributed by atoms with van der Waals surface area (Å²) in [6.07, 6.45) is 0. The number of ether oxygens (including phenoxy) is 1. The molecule has 1 N–H and O–H groups in total. The van der Waals surface area contributed by atoms with Crippen LogP contribution in [-0.4, -0.2) is 37.4 Å². The number of carbonyl (C=O) groups excluding carboxylic acids is 2. The van der Waals surface area contributed by atoms with E-state index in [9.17, 15) is 14.0 Å². The molecule has 0 heterocycles. The predicted molar refractivity (Wildman–Crippen MR) is 95.9 cm³/mol. The van der Waals surface area contributed by atoms with E-state index in [1.807, 2.05) is 12.1 Å². The molecule has 0 bridgehead atoms. The Balaban J connectivity index is 1.96. The molecule has 2 aromatic carbocycles. The van der Waals surface area contributed by atoms with Gasteiger partial charge < -0.3 is 15.0 Å². The van der Waals surface area contributed by atoms with Gasteiger partial charge in [-0.25, -0.2) is 4.39 Å². The van der Waals surface area contributed by atoms with E-state index in [1.165, 1.54) is 23.1 Å². The van der Waals surface area contributed by atoms with E-state index >= 15 is 0 Å². The minimum atomic E-state index is -0.625. The normalized spacial score (nSPS) is 10.2. The van der Waals surface area contributed by atoms with Gasteiger partial charge in [-0.2, -0.15) is 0 Å². The lowest BCUT2D eigenvalue weighted by Crippen LogP contribution is -2.38. The van der Waals surface area contributed by atoms with Crippen molar-refractivity contribution in [1.29, 1.82) is 0 Å². The Hall–Kier alpha value is -2.41. The van der Waals surface area contributed by atoms with E-state index in [2.05, 4.69) is 21.2 Å². The number of hydrogen-bond donors (Lipinski definition) is 1. The van der Waals surface area contributed by atoms with E-state index in [0.717, 1.165) is 10.0 Å². The van der Waals surface area contributed by atoms with E-state index < -0.39 is 11.7 Å². The number of carbonyl (C=O) groups is 2. The lowest BCUT2D eigenvalue weighted by Gasteiger charge is -2.19. The molecule has 2 amide bonds. The fourth-order valence-corrected chi connectivity index (χ4v) is 2.65. The van der Waals surface area contributed by atoms with Gasteiger partial charge in [-0.3, -0.25) is 9.59 Å². The molecule has 0 unspecified atom stereocenters. The highest BCUT2D eigenvalue weighted by Gasteiger charge is 2.15. The largest absolute Gasteiger partial charge is 0.496 e. The molecule has 132 valence electrons. The van der Waals surface area contributed by atoms with Crippen LogP contribution in [0.1, 0.15) is 15.9 Å². The maximum atomic E-state index is 13.6. The van der Waals surface area contributed by atoms with Crippen molar-refractivity contribution in [2.75, 3.05) is 20.7 Å². The Morgan fingerprint density at radius 2 is 1.96 bits per heavy atom. The Morgan fingerprint density at radius 1 is 1.24 bits per heavy atom. The molecule has 0 radical (unpaired) electrons. The summed E-state index contributed by atoms with van der Waals surface area (Å²) in [5, 5.41) is 2.44. The van der Waals surface area contributed by atoms with Crippen molar-refractivity contribution in [1.82, 2.24) is 10.2 Å². The first-order chi connectivity index (χ1) is 11.9. The van der Waals surface area contributed by atoms with Gasteiger partial charge in [-0.1, -0.05) is 28.1 Å². The molecular weight excluding hydrogens is 391 g/mol. The van der Waals surface area contributed by atoms with Crippen LogP contribution in [-0.2, 0) is 11.3 Å². The van der Waals surface area contributed by atoms with E-state index in [1.54, 1.807) is 26.3 Å². The van der Waals surface area contributed by atoms with Crippen LogP contribution in [0.5, 0.6) is 5.75 Å². The third kappa shape index (κ3) is 5.03. The van der Waals surface area contributed by atoms with Crippen LogP contribution in [0.2, 0.25) is 0 Å². The molecule has 25 heavy (non-hydrogen) atoms. The maximum Gasteiger partial charge on any atom is 0.254 e. The molecule has 0 aromatic heterocycles. The van der Waals surface area contributed by atoms with E-state index in [0.29, 0.717) is 12.3 Å². The maximum absolute atomic E-state index is 13.6. The summed E-state index contributed by atoms with van der Waals surface area (Å²) in [4.78, 5) is 25.6. The van der Waals surface area contributed by atoms with Crippen molar-refractivity contribution in [3.05, 3.63) is 63.9 Å². The number of nitrogens with zero attached hydrogens (tertiary/aromatic N) is 1. The first-order valence-corrected chi connectivity index (χ1v) is 8.30. The molecule has 0 aliphatic heterocycles. The molecule has 0 atom stereocenters. The highest BCUT2D eigenvalue weighted by Crippen LogP contribution is 2.24. The van der Waals surface area contributed by atoms with Crippen LogP contribution in [0.3, 0.4) is 0 Å². The highest BCUT2D eigenvalue weighted by atomic mass is 79.9. The van der Waals surface area contributed by atoms with Gasteiger partial charge in [0.1, 0.15) is 11.6 Å². The monoisotopic (exact) mass is 408 g/mol. The minimum absolute atomic E-state index is 0.0911. The van der Waals surface area contributed by atoms with Crippen molar-refractivity contribution < 1.29 is 18.7 Å². The smallest absolute Gasteiger partial charge is 0.254 e. The molecular formula is C18H18BrFN2O3. The fourth-order valence-electron chi connectivity index (χ4n) is 2.25. The number of benzene rings is 2. The molecule has 0 saturated carbocycles. The molecule has 0 spiro atoms. The second-order valence-electron chi connectivity index (χ2n) is 5.37. The van der Waals surface area contributed by atoms with Crippen LogP contribution in [0, 0.1) is 5.82 Å². The molecule has 0 saturated heterocycles. The third-order valence-corrected chi connectivity index (χ3v) is 4.09. The van der Waals surface area contributed by atoms with E-state index in [-0.39, 0.29) is 18.0 Å². The molecule has 0 aliphatic rings. The molecule has 2 rings (SSSR count). The zero-order chi connectivity index (χ0) is 18.4. The summed E-state index contributed by atoms with van der Waals surface area (Å²) in [6.45, 7) is 0.0942. The number of likely N-dealkylation sites (N-methyl/N-ethyl adjacent to an activating group) is 1. The van der Waals surface area contributed by atoms with Crippen LogP contribution >= 0.6 is 15.9 Å². The lowest BCUT2D eigenvalue weighted by molar-refractivity contribution is -0.129. The second-order valence-corrected chi connectivity index (χ2v) is 6.28. The van der Waals surface area contributed by atoms with Gasteiger partial charge in [0.15, 0.2) is 0 Å². The van der Waals surface area contributed by atoms with Crippen LogP contribution in [0.4, 0.5) is 4.39 Å². The number of methoxy groups -OCH3 is 1. The highest BCUT2D eigenvalue weighted by molar-refractivity contribution is 9.10. The lowest BCUT2D eigenvalue weighted by atomic mass is 10.2. The summed E-state index contributed by atoms with van der Waals surface area (Å²) in [6, 6.07) is 11.1. The standard InChI is InChI=1S/C18H18BrFN2O3/c1-22(11-12-9-13(19)7-8-16(12)25-2)17(23)10-21-18(24)14-5-3-4-6-15(14)20/h3-9H,10-11H2,1-2H3,(H,21,24). The van der Waals surface area contributed by atoms with Crippen molar-refractivity contribution in [3.8, 4) is 5.75 Å². The number of nitrogens with one attached hydrogen (secondary N) is 1. The summed E-state index contributed by atoms with van der Waals surface area (Å²) >= 11 is 3.38. The molecule has 7 heteroatoms. The number of amides is 2. The zero-order valence-electron chi connectivity index (χ0n) is 13.9. The Labute approximate surface area is 153 Å². The Kier molecular flexibility index (Phi) is 6.52. The molecule has 5 nitrogen and oxygen atoms in total. The van der Waals surface area contributed by atoms with Crippen molar-refractivity contribution in [3.63, 3.8) is 0 Å². The summed E-state index contributed by atoms with van der Waals surface area (Å²) in [5.74, 6) is -0.885. The van der Waals surface area contributed by atoms with Crippen molar-refractivity contribution in [2.24, 2.45) is 0 Å². The van der Waals surface area contributed by atoms with Crippen LogP contribution < -0.4 is 10.1 Å². The predicted octanol–water partition coefficient (Wildman–Crippen LogP) is 2.99. The van der Waals surface area contributed by atoms with Crippen molar-refractivity contribution >= 4 is 27.7 Å². The first-order valence-electron chi connectivity index (χ1n) is 7.51.